The van der Waals surface area contributed by atoms with Gasteiger partial charge in [-0.05, 0) is 18.8 Å². The molecule has 1 atom stereocenters. The third-order valence-electron chi connectivity index (χ3n) is 3.45. The van der Waals surface area contributed by atoms with Crippen LogP contribution < -0.4 is 0 Å². The molecule has 0 aromatic heterocycles. The Morgan fingerprint density at radius 3 is 2.50 bits per heavy atom. The highest BCUT2D eigenvalue weighted by Crippen LogP contribution is 2.25. The van der Waals surface area contributed by atoms with Crippen LogP contribution >= 0.6 is 0 Å². The molecule has 0 aliphatic carbocycles. The molecule has 0 amide bonds. The molecule has 0 radical (unpaired) electrons. The highest BCUT2D eigenvalue weighted by Gasteiger charge is 2.39. The lowest BCUT2D eigenvalue weighted by molar-refractivity contribution is 0.108. The summed E-state index contributed by atoms with van der Waals surface area (Å²) in [5.74, 6) is 0.593. The van der Waals surface area contributed by atoms with Gasteiger partial charge >= 0.3 is 0 Å². The molecule has 2 fully saturated rings. The maximum absolute atomic E-state index is 12.1. The molecule has 0 bridgehead atoms. The van der Waals surface area contributed by atoms with E-state index in [1.165, 1.54) is 4.31 Å². The van der Waals surface area contributed by atoms with E-state index in [9.17, 15) is 8.42 Å². The van der Waals surface area contributed by atoms with E-state index in [1.807, 2.05) is 0 Å². The third-order valence-corrected chi connectivity index (χ3v) is 5.39. The Bertz CT molecular complexity index is 338. The van der Waals surface area contributed by atoms with Gasteiger partial charge in [-0.25, -0.2) is 0 Å². The van der Waals surface area contributed by atoms with Crippen LogP contribution in [0.15, 0.2) is 0 Å². The second-order valence-electron chi connectivity index (χ2n) is 4.98. The number of hydrogen-bond acceptors (Lipinski definition) is 3. The lowest BCUT2D eigenvalue weighted by Gasteiger charge is -2.41. The predicted molar refractivity (Wildman–Crippen MR) is 61.0 cm³/mol. The minimum atomic E-state index is -3.25. The molecule has 0 aromatic rings. The second-order valence-corrected chi connectivity index (χ2v) is 6.91. The molecule has 16 heavy (non-hydrogen) atoms. The van der Waals surface area contributed by atoms with Crippen molar-refractivity contribution in [3.63, 3.8) is 0 Å². The molecule has 5 nitrogen and oxygen atoms in total. The van der Waals surface area contributed by atoms with Gasteiger partial charge in [0.2, 0.25) is 0 Å². The average Bonchev–Trinajstić information content (AvgIpc) is 2.15. The van der Waals surface area contributed by atoms with Gasteiger partial charge in [0.1, 0.15) is 0 Å². The molecule has 2 rings (SSSR count). The van der Waals surface area contributed by atoms with E-state index >= 15 is 0 Å². The highest BCUT2D eigenvalue weighted by atomic mass is 32.2. The fourth-order valence-corrected chi connectivity index (χ4v) is 4.27. The van der Waals surface area contributed by atoms with Crippen molar-refractivity contribution >= 4 is 10.2 Å². The monoisotopic (exact) mass is 248 g/mol. The van der Waals surface area contributed by atoms with Crippen molar-refractivity contribution < 1.29 is 13.5 Å². The molecule has 1 N–H and O–H groups in total. The molecule has 2 heterocycles. The Morgan fingerprint density at radius 1 is 1.25 bits per heavy atom. The number of rotatable bonds is 3. The quantitative estimate of drug-likeness (QED) is 0.758. The third kappa shape index (κ3) is 2.25. The van der Waals surface area contributed by atoms with Gasteiger partial charge in [-0.3, -0.25) is 0 Å². The normalized spacial score (nSPS) is 30.2. The number of nitrogens with zero attached hydrogens (tertiary/aromatic N) is 2. The van der Waals surface area contributed by atoms with Crippen molar-refractivity contribution in [2.45, 2.75) is 19.8 Å². The van der Waals surface area contributed by atoms with Crippen molar-refractivity contribution in [3.8, 4) is 0 Å². The van der Waals surface area contributed by atoms with Crippen LogP contribution in [0.5, 0.6) is 0 Å². The zero-order valence-corrected chi connectivity index (χ0v) is 10.5. The molecule has 1 unspecified atom stereocenters. The summed E-state index contributed by atoms with van der Waals surface area (Å²) in [5, 5.41) is 8.89. The summed E-state index contributed by atoms with van der Waals surface area (Å²) in [6, 6.07) is 0. The summed E-state index contributed by atoms with van der Waals surface area (Å²) in [6.07, 6.45) is 2.07. The molecule has 0 saturated carbocycles. The molecular formula is C10H20N2O3S. The first-order chi connectivity index (χ1) is 7.54. The van der Waals surface area contributed by atoms with Gasteiger partial charge in [-0.1, -0.05) is 6.92 Å². The first-order valence-corrected chi connectivity index (χ1v) is 7.30. The topological polar surface area (TPSA) is 60.9 Å². The van der Waals surface area contributed by atoms with Crippen molar-refractivity contribution in [1.82, 2.24) is 8.61 Å². The second kappa shape index (κ2) is 4.60. The largest absolute Gasteiger partial charge is 0.396 e. The minimum absolute atomic E-state index is 0.0857. The van der Waals surface area contributed by atoms with E-state index in [1.54, 1.807) is 4.31 Å². The van der Waals surface area contributed by atoms with Crippen LogP contribution in [-0.4, -0.2) is 54.9 Å². The molecule has 2 aliphatic rings. The van der Waals surface area contributed by atoms with E-state index in [0.717, 1.165) is 12.8 Å². The van der Waals surface area contributed by atoms with Gasteiger partial charge in [0, 0.05) is 38.7 Å². The molecule has 2 aliphatic heterocycles. The van der Waals surface area contributed by atoms with Crippen LogP contribution in [0.1, 0.15) is 19.8 Å². The van der Waals surface area contributed by atoms with Crippen LogP contribution in [0, 0.1) is 11.8 Å². The fourth-order valence-electron chi connectivity index (χ4n) is 2.35. The Hall–Kier alpha value is -0.170. The van der Waals surface area contributed by atoms with Crippen LogP contribution in [0.4, 0.5) is 0 Å². The molecule has 0 spiro atoms. The standard InChI is InChI=1S/C10H20N2O3S/c1-9-3-2-4-11(5-9)16(14,15)12-6-10(7-12)8-13/h9-10,13H,2-8H2,1H3. The van der Waals surface area contributed by atoms with Gasteiger partial charge < -0.3 is 5.11 Å². The van der Waals surface area contributed by atoms with Gasteiger partial charge in [-0.15, -0.1) is 0 Å². The molecule has 6 heteroatoms. The van der Waals surface area contributed by atoms with Crippen LogP contribution in [0.25, 0.3) is 0 Å². The number of hydrogen-bond donors (Lipinski definition) is 1. The van der Waals surface area contributed by atoms with E-state index in [2.05, 4.69) is 6.92 Å². The van der Waals surface area contributed by atoms with Crippen LogP contribution in [0.3, 0.4) is 0 Å². The maximum Gasteiger partial charge on any atom is 0.282 e. The molecule has 2 saturated heterocycles. The van der Waals surface area contributed by atoms with E-state index < -0.39 is 10.2 Å². The molecular weight excluding hydrogens is 228 g/mol. The predicted octanol–water partition coefficient (Wildman–Crippen LogP) is -0.113. The Balaban J connectivity index is 1.97. The van der Waals surface area contributed by atoms with E-state index in [0.29, 0.717) is 32.1 Å². The average molecular weight is 248 g/mol. The van der Waals surface area contributed by atoms with Gasteiger partial charge in [0.15, 0.2) is 0 Å². The molecule has 94 valence electrons. The number of piperidine rings is 1. The number of aliphatic hydroxyl groups is 1. The Labute approximate surface area is 97.2 Å². The smallest absolute Gasteiger partial charge is 0.282 e. The Kier molecular flexibility index (Phi) is 3.53. The van der Waals surface area contributed by atoms with Crippen LogP contribution in [0.2, 0.25) is 0 Å². The minimum Gasteiger partial charge on any atom is -0.396 e. The summed E-state index contributed by atoms with van der Waals surface area (Å²) >= 11 is 0. The van der Waals surface area contributed by atoms with Crippen molar-refractivity contribution in [3.05, 3.63) is 0 Å². The highest BCUT2D eigenvalue weighted by molar-refractivity contribution is 7.86. The van der Waals surface area contributed by atoms with Crippen molar-refractivity contribution in [2.24, 2.45) is 11.8 Å². The first kappa shape index (κ1) is 12.3. The summed E-state index contributed by atoms with van der Waals surface area (Å²) in [7, 11) is -3.25. The van der Waals surface area contributed by atoms with Crippen LogP contribution in [-0.2, 0) is 10.2 Å². The summed E-state index contributed by atoms with van der Waals surface area (Å²) in [4.78, 5) is 0. The molecule has 0 aromatic carbocycles. The zero-order valence-electron chi connectivity index (χ0n) is 9.67. The van der Waals surface area contributed by atoms with Crippen molar-refractivity contribution in [2.75, 3.05) is 32.8 Å². The summed E-state index contributed by atoms with van der Waals surface area (Å²) < 4.78 is 27.4. The van der Waals surface area contributed by atoms with Gasteiger partial charge in [0.25, 0.3) is 10.2 Å². The number of aliphatic hydroxyl groups excluding tert-OH is 1. The lowest BCUT2D eigenvalue weighted by atomic mass is 10.0. The van der Waals surface area contributed by atoms with Gasteiger partial charge in [-0.2, -0.15) is 17.0 Å². The Morgan fingerprint density at radius 2 is 1.94 bits per heavy atom. The lowest BCUT2D eigenvalue weighted by Crippen LogP contribution is -2.57. The maximum atomic E-state index is 12.1. The first-order valence-electron chi connectivity index (χ1n) is 5.90. The zero-order chi connectivity index (χ0) is 11.8. The van der Waals surface area contributed by atoms with E-state index in [4.69, 9.17) is 5.11 Å². The van der Waals surface area contributed by atoms with Crippen molar-refractivity contribution in [1.29, 1.82) is 0 Å². The summed E-state index contributed by atoms with van der Waals surface area (Å²) in [5.41, 5.74) is 0. The van der Waals surface area contributed by atoms with Gasteiger partial charge in [0.05, 0.1) is 0 Å². The fraction of sp³-hybridized carbons (Fsp3) is 1.00. The summed E-state index contributed by atoms with van der Waals surface area (Å²) in [6.45, 7) is 4.42. The SMILES string of the molecule is CC1CCCN(S(=O)(=O)N2CC(CO)C2)C1. The van der Waals surface area contributed by atoms with E-state index in [-0.39, 0.29) is 12.5 Å².